The Kier molecular flexibility index (Phi) is 4.55. The zero-order chi connectivity index (χ0) is 18.9. The molecular weight excluding hydrogens is 366 g/mol. The Hall–Kier alpha value is -2.76. The largest absolute Gasteiger partial charge is 0.456 e. The quantitative estimate of drug-likeness (QED) is 0.457. The van der Waals surface area contributed by atoms with Crippen LogP contribution >= 0.6 is 11.3 Å². The smallest absolute Gasteiger partial charge is 0.145 e. The van der Waals surface area contributed by atoms with Crippen LogP contribution in [-0.2, 0) is 13.0 Å². The van der Waals surface area contributed by atoms with Crippen LogP contribution in [0.25, 0.3) is 10.2 Å². The van der Waals surface area contributed by atoms with Gasteiger partial charge in [0.1, 0.15) is 11.5 Å². The molecule has 4 aromatic rings. The van der Waals surface area contributed by atoms with Gasteiger partial charge in [-0.3, -0.25) is 9.88 Å². The van der Waals surface area contributed by atoms with Gasteiger partial charge >= 0.3 is 0 Å². The summed E-state index contributed by atoms with van der Waals surface area (Å²) >= 11 is 1.70. The number of rotatable bonds is 4. The third-order valence-electron chi connectivity index (χ3n) is 5.47. The molecule has 0 saturated heterocycles. The minimum atomic E-state index is 0.366. The average molecular weight is 388 g/mol. The molecule has 1 atom stereocenters. The van der Waals surface area contributed by atoms with Crippen molar-refractivity contribution >= 4 is 21.6 Å². The fourth-order valence-corrected chi connectivity index (χ4v) is 4.49. The molecular formula is C23H21N3OS. The molecule has 4 nitrogen and oxygen atoms in total. The molecule has 1 aliphatic heterocycles. The number of hydrogen-bond donors (Lipinski definition) is 0. The van der Waals surface area contributed by atoms with E-state index >= 15 is 0 Å². The van der Waals surface area contributed by atoms with Crippen LogP contribution in [-0.4, -0.2) is 21.4 Å². The van der Waals surface area contributed by atoms with E-state index in [4.69, 9.17) is 4.74 Å². The Labute approximate surface area is 168 Å². The van der Waals surface area contributed by atoms with E-state index in [1.54, 1.807) is 23.7 Å². The van der Waals surface area contributed by atoms with E-state index in [-0.39, 0.29) is 0 Å². The molecule has 2 aromatic carbocycles. The van der Waals surface area contributed by atoms with E-state index in [1.165, 1.54) is 21.4 Å². The normalized spacial score (nSPS) is 15.3. The minimum Gasteiger partial charge on any atom is -0.456 e. The summed E-state index contributed by atoms with van der Waals surface area (Å²) in [7, 11) is 0. The van der Waals surface area contributed by atoms with E-state index in [0.717, 1.165) is 36.5 Å². The van der Waals surface area contributed by atoms with Crippen molar-refractivity contribution in [3.05, 3.63) is 83.1 Å². The van der Waals surface area contributed by atoms with Gasteiger partial charge in [0.25, 0.3) is 0 Å². The number of thiazole rings is 1. The highest BCUT2D eigenvalue weighted by molar-refractivity contribution is 7.16. The van der Waals surface area contributed by atoms with Gasteiger partial charge in [-0.05, 0) is 66.4 Å². The molecule has 3 heterocycles. The van der Waals surface area contributed by atoms with Crippen molar-refractivity contribution in [2.24, 2.45) is 0 Å². The zero-order valence-electron chi connectivity index (χ0n) is 15.7. The van der Waals surface area contributed by atoms with E-state index in [1.807, 2.05) is 17.6 Å². The van der Waals surface area contributed by atoms with Crippen LogP contribution in [0.3, 0.4) is 0 Å². The highest BCUT2D eigenvalue weighted by Crippen LogP contribution is 2.32. The maximum Gasteiger partial charge on any atom is 0.145 e. The van der Waals surface area contributed by atoms with Crippen LogP contribution in [0.1, 0.15) is 29.7 Å². The minimum absolute atomic E-state index is 0.366. The molecule has 2 aromatic heterocycles. The lowest BCUT2D eigenvalue weighted by Gasteiger charge is -2.34. The van der Waals surface area contributed by atoms with Crippen molar-refractivity contribution in [1.82, 2.24) is 14.9 Å². The molecule has 28 heavy (non-hydrogen) atoms. The summed E-state index contributed by atoms with van der Waals surface area (Å²) in [5, 5.41) is 0. The second kappa shape index (κ2) is 7.34. The Morgan fingerprint density at radius 1 is 1.07 bits per heavy atom. The molecule has 140 valence electrons. The predicted octanol–water partition coefficient (Wildman–Crippen LogP) is 5.60. The van der Waals surface area contributed by atoms with Gasteiger partial charge in [-0.15, -0.1) is 11.3 Å². The highest BCUT2D eigenvalue weighted by Gasteiger charge is 2.22. The second-order valence-corrected chi connectivity index (χ2v) is 8.08. The van der Waals surface area contributed by atoms with Crippen molar-refractivity contribution in [3.63, 3.8) is 0 Å². The molecule has 0 fully saturated rings. The molecule has 0 N–H and O–H groups in total. The predicted molar refractivity (Wildman–Crippen MR) is 113 cm³/mol. The highest BCUT2D eigenvalue weighted by atomic mass is 32.1. The zero-order valence-corrected chi connectivity index (χ0v) is 16.5. The summed E-state index contributed by atoms with van der Waals surface area (Å²) in [6.45, 7) is 4.29. The Bertz CT molecular complexity index is 1110. The van der Waals surface area contributed by atoms with Gasteiger partial charge in [-0.1, -0.05) is 12.1 Å². The molecule has 1 aliphatic rings. The van der Waals surface area contributed by atoms with Crippen molar-refractivity contribution in [2.75, 3.05) is 6.54 Å². The second-order valence-electron chi connectivity index (χ2n) is 7.20. The first-order valence-electron chi connectivity index (χ1n) is 9.53. The van der Waals surface area contributed by atoms with Crippen molar-refractivity contribution < 1.29 is 4.74 Å². The Morgan fingerprint density at radius 3 is 2.93 bits per heavy atom. The van der Waals surface area contributed by atoms with Gasteiger partial charge in [0, 0.05) is 25.3 Å². The van der Waals surface area contributed by atoms with Crippen LogP contribution in [0.15, 0.2) is 66.4 Å². The maximum atomic E-state index is 5.94. The fraction of sp³-hybridized carbons (Fsp3) is 0.217. The molecule has 0 radical (unpaired) electrons. The monoisotopic (exact) mass is 387 g/mol. The average Bonchev–Trinajstić information content (AvgIpc) is 3.21. The Balaban J connectivity index is 1.33. The first kappa shape index (κ1) is 17.3. The molecule has 0 aliphatic carbocycles. The van der Waals surface area contributed by atoms with Crippen molar-refractivity contribution in [2.45, 2.75) is 25.9 Å². The van der Waals surface area contributed by atoms with E-state index in [0.29, 0.717) is 6.04 Å². The summed E-state index contributed by atoms with van der Waals surface area (Å²) in [5.41, 5.74) is 7.11. The fourth-order valence-electron chi connectivity index (χ4n) is 3.83. The summed E-state index contributed by atoms with van der Waals surface area (Å²) in [4.78, 5) is 11.1. The van der Waals surface area contributed by atoms with E-state index in [2.05, 4.69) is 58.2 Å². The van der Waals surface area contributed by atoms with Gasteiger partial charge in [-0.25, -0.2) is 4.98 Å². The maximum absolute atomic E-state index is 5.94. The number of benzene rings is 2. The van der Waals surface area contributed by atoms with E-state index in [9.17, 15) is 0 Å². The molecule has 0 saturated carbocycles. The molecule has 0 spiro atoms. The van der Waals surface area contributed by atoms with Gasteiger partial charge in [0.05, 0.1) is 21.9 Å². The standard InChI is InChI=1S/C23H21N3OS/c1-16(17-5-7-23-22(12-17)25-15-28-23)26-10-8-18-11-20(6-4-19(18)14-26)27-21-3-2-9-24-13-21/h2-7,9,11-13,15-16H,8,10,14H2,1H3/t16-/m0/s1. The van der Waals surface area contributed by atoms with Gasteiger partial charge in [0.2, 0.25) is 0 Å². The van der Waals surface area contributed by atoms with Crippen molar-refractivity contribution in [3.8, 4) is 11.5 Å². The number of fused-ring (bicyclic) bond motifs is 2. The summed E-state index contributed by atoms with van der Waals surface area (Å²) in [6, 6.07) is 17.3. The number of ether oxygens (including phenoxy) is 1. The summed E-state index contributed by atoms with van der Waals surface area (Å²) < 4.78 is 7.19. The van der Waals surface area contributed by atoms with Gasteiger partial charge in [0.15, 0.2) is 0 Å². The first-order chi connectivity index (χ1) is 13.8. The molecule has 5 rings (SSSR count). The molecule has 0 bridgehead atoms. The molecule has 0 amide bonds. The molecule has 0 unspecified atom stereocenters. The third kappa shape index (κ3) is 3.39. The van der Waals surface area contributed by atoms with Crippen LogP contribution in [0.4, 0.5) is 0 Å². The molecule has 5 heteroatoms. The number of nitrogens with zero attached hydrogens (tertiary/aromatic N) is 3. The topological polar surface area (TPSA) is 38.2 Å². The third-order valence-corrected chi connectivity index (χ3v) is 6.28. The number of hydrogen-bond acceptors (Lipinski definition) is 5. The van der Waals surface area contributed by atoms with Gasteiger partial charge in [-0.2, -0.15) is 0 Å². The van der Waals surface area contributed by atoms with Crippen LogP contribution < -0.4 is 4.74 Å². The van der Waals surface area contributed by atoms with Crippen LogP contribution in [0.5, 0.6) is 11.5 Å². The van der Waals surface area contributed by atoms with E-state index < -0.39 is 0 Å². The lowest BCUT2D eigenvalue weighted by molar-refractivity contribution is 0.192. The van der Waals surface area contributed by atoms with Crippen molar-refractivity contribution in [1.29, 1.82) is 0 Å². The first-order valence-corrected chi connectivity index (χ1v) is 10.4. The number of pyridine rings is 1. The summed E-state index contributed by atoms with van der Waals surface area (Å²) in [5.74, 6) is 1.65. The lowest BCUT2D eigenvalue weighted by Crippen LogP contribution is -2.32. The summed E-state index contributed by atoms with van der Waals surface area (Å²) in [6.07, 6.45) is 4.52. The van der Waals surface area contributed by atoms with Gasteiger partial charge < -0.3 is 4.74 Å². The lowest BCUT2D eigenvalue weighted by atomic mass is 9.96. The van der Waals surface area contributed by atoms with Crippen LogP contribution in [0.2, 0.25) is 0 Å². The number of aromatic nitrogens is 2. The van der Waals surface area contributed by atoms with Crippen LogP contribution in [0, 0.1) is 0 Å². The SMILES string of the molecule is C[C@@H](c1ccc2scnc2c1)N1CCc2cc(Oc3cccnc3)ccc2C1. The Morgan fingerprint density at radius 2 is 2.04 bits per heavy atom.